The van der Waals surface area contributed by atoms with E-state index >= 15 is 0 Å². The standard InChI is InChI=1S/C10H6F12O2/c1-23-5(9(17,18)19)3(7(11,12)13)4(8(14,15)16)6(24-2)10(20,21)22/h1-2H3/b5-3-,6-4+. The maximum absolute atomic E-state index is 12.8. The number of rotatable bonds is 3. The SMILES string of the molecule is CO/C(=C(/C(=C(\OC)C(F)(F)F)C(F)(F)F)C(F)(F)F)C(F)(F)F. The molecule has 0 atom stereocenters. The zero-order chi connectivity index (χ0) is 19.7. The van der Waals surface area contributed by atoms with Crippen LogP contribution in [0.3, 0.4) is 0 Å². The van der Waals surface area contributed by atoms with Crippen LogP contribution >= 0.6 is 0 Å². The van der Waals surface area contributed by atoms with Crippen LogP contribution in [-0.2, 0) is 9.47 Å². The molecular formula is C10H6F12O2. The van der Waals surface area contributed by atoms with Crippen LogP contribution in [0.4, 0.5) is 52.7 Å². The van der Waals surface area contributed by atoms with Crippen molar-refractivity contribution < 1.29 is 62.2 Å². The molecule has 0 aliphatic rings. The molecule has 142 valence electrons. The van der Waals surface area contributed by atoms with E-state index in [1.54, 1.807) is 0 Å². The summed E-state index contributed by atoms with van der Waals surface area (Å²) in [6.07, 6.45) is -25.3. The van der Waals surface area contributed by atoms with E-state index in [1.807, 2.05) is 0 Å². The fourth-order valence-corrected chi connectivity index (χ4v) is 1.49. The van der Waals surface area contributed by atoms with Gasteiger partial charge in [-0.15, -0.1) is 0 Å². The fourth-order valence-electron chi connectivity index (χ4n) is 1.49. The van der Waals surface area contributed by atoms with Crippen LogP contribution in [0.1, 0.15) is 0 Å². The van der Waals surface area contributed by atoms with Crippen molar-refractivity contribution in [1.82, 2.24) is 0 Å². The first-order valence-electron chi connectivity index (χ1n) is 5.24. The molecule has 0 aliphatic carbocycles. The second kappa shape index (κ2) is 6.63. The number of alkyl halides is 12. The van der Waals surface area contributed by atoms with Crippen molar-refractivity contribution in [3.8, 4) is 0 Å². The molecule has 0 aliphatic heterocycles. The first-order valence-corrected chi connectivity index (χ1v) is 5.24. The zero-order valence-corrected chi connectivity index (χ0v) is 11.4. The lowest BCUT2D eigenvalue weighted by Crippen LogP contribution is -2.33. The zero-order valence-electron chi connectivity index (χ0n) is 11.4. The highest BCUT2D eigenvalue weighted by molar-refractivity contribution is 5.44. The molecule has 0 N–H and O–H groups in total. The van der Waals surface area contributed by atoms with Gasteiger partial charge in [0.15, 0.2) is 0 Å². The van der Waals surface area contributed by atoms with Gasteiger partial charge in [-0.2, -0.15) is 52.7 Å². The first-order chi connectivity index (χ1) is 10.4. The maximum atomic E-state index is 12.8. The first kappa shape index (κ1) is 22.2. The van der Waals surface area contributed by atoms with E-state index < -0.39 is 47.4 Å². The number of hydrogen-bond donors (Lipinski definition) is 0. The predicted molar refractivity (Wildman–Crippen MR) is 52.3 cm³/mol. The molecule has 0 saturated carbocycles. The highest BCUT2D eigenvalue weighted by atomic mass is 19.4. The Labute approximate surface area is 125 Å². The Morgan fingerprint density at radius 3 is 0.750 bits per heavy atom. The Morgan fingerprint density at radius 2 is 0.667 bits per heavy atom. The summed E-state index contributed by atoms with van der Waals surface area (Å²) in [7, 11) is -0.161. The monoisotopic (exact) mass is 386 g/mol. The summed E-state index contributed by atoms with van der Waals surface area (Å²) in [4.78, 5) is 0. The number of methoxy groups -OCH3 is 2. The Kier molecular flexibility index (Phi) is 6.14. The molecule has 0 heterocycles. The summed E-state index contributed by atoms with van der Waals surface area (Å²) >= 11 is 0. The Balaban J connectivity index is 7.31. The number of allylic oxidation sites excluding steroid dienone is 4. The van der Waals surface area contributed by atoms with E-state index in [4.69, 9.17) is 0 Å². The number of halogens is 12. The molecule has 14 heteroatoms. The van der Waals surface area contributed by atoms with Crippen molar-refractivity contribution in [2.24, 2.45) is 0 Å². The minimum atomic E-state index is -6.50. The van der Waals surface area contributed by atoms with Gasteiger partial charge < -0.3 is 9.47 Å². The van der Waals surface area contributed by atoms with Crippen LogP contribution in [0.25, 0.3) is 0 Å². The van der Waals surface area contributed by atoms with Gasteiger partial charge in [0.1, 0.15) is 11.1 Å². The summed E-state index contributed by atoms with van der Waals surface area (Å²) in [5.41, 5.74) is -7.42. The van der Waals surface area contributed by atoms with E-state index in [0.29, 0.717) is 0 Å². The van der Waals surface area contributed by atoms with Crippen molar-refractivity contribution in [2.75, 3.05) is 14.2 Å². The van der Waals surface area contributed by atoms with Crippen molar-refractivity contribution in [1.29, 1.82) is 0 Å². The molecule has 0 fully saturated rings. The topological polar surface area (TPSA) is 18.5 Å². The third-order valence-electron chi connectivity index (χ3n) is 2.19. The lowest BCUT2D eigenvalue weighted by molar-refractivity contribution is -0.159. The van der Waals surface area contributed by atoms with Crippen molar-refractivity contribution in [3.05, 3.63) is 22.7 Å². The van der Waals surface area contributed by atoms with Crippen LogP contribution in [0.5, 0.6) is 0 Å². The summed E-state index contributed by atoms with van der Waals surface area (Å²) < 4.78 is 158. The van der Waals surface area contributed by atoms with E-state index in [9.17, 15) is 52.7 Å². The fraction of sp³-hybridized carbons (Fsp3) is 0.600. The Morgan fingerprint density at radius 1 is 0.458 bits per heavy atom. The molecule has 0 amide bonds. The number of hydrogen-bond acceptors (Lipinski definition) is 2. The van der Waals surface area contributed by atoms with Gasteiger partial charge in [0.25, 0.3) is 0 Å². The molecule has 0 aromatic rings. The van der Waals surface area contributed by atoms with Crippen LogP contribution < -0.4 is 0 Å². The van der Waals surface area contributed by atoms with Gasteiger partial charge in [0.2, 0.25) is 11.5 Å². The summed E-state index contributed by atoms with van der Waals surface area (Å²) in [6, 6.07) is 0. The minimum Gasteiger partial charge on any atom is -0.492 e. The Hall–Kier alpha value is -1.76. The Bertz CT molecular complexity index is 466. The third-order valence-corrected chi connectivity index (χ3v) is 2.19. The third kappa shape index (κ3) is 5.12. The summed E-state index contributed by atoms with van der Waals surface area (Å²) in [6.45, 7) is 0. The van der Waals surface area contributed by atoms with Crippen molar-refractivity contribution in [2.45, 2.75) is 24.7 Å². The minimum absolute atomic E-state index is 0.0807. The lowest BCUT2D eigenvalue weighted by atomic mass is 10.0. The molecule has 0 saturated heterocycles. The molecule has 0 aromatic carbocycles. The molecule has 0 aromatic heterocycles. The van der Waals surface area contributed by atoms with Gasteiger partial charge >= 0.3 is 24.7 Å². The highest BCUT2D eigenvalue weighted by Crippen LogP contribution is 2.48. The quantitative estimate of drug-likeness (QED) is 0.385. The average Bonchev–Trinajstić information content (AvgIpc) is 2.27. The second-order valence-electron chi connectivity index (χ2n) is 3.81. The van der Waals surface area contributed by atoms with Crippen LogP contribution in [0.2, 0.25) is 0 Å². The van der Waals surface area contributed by atoms with E-state index in [-0.39, 0.29) is 14.2 Å². The van der Waals surface area contributed by atoms with E-state index in [0.717, 1.165) is 0 Å². The van der Waals surface area contributed by atoms with E-state index in [1.165, 1.54) is 0 Å². The second-order valence-corrected chi connectivity index (χ2v) is 3.81. The molecule has 2 nitrogen and oxygen atoms in total. The predicted octanol–water partition coefficient (Wildman–Crippen LogP) is 5.04. The smallest absolute Gasteiger partial charge is 0.449 e. The average molecular weight is 386 g/mol. The van der Waals surface area contributed by atoms with Gasteiger partial charge in [0, 0.05) is 0 Å². The van der Waals surface area contributed by atoms with Gasteiger partial charge in [-0.05, 0) is 0 Å². The molecular weight excluding hydrogens is 380 g/mol. The lowest BCUT2D eigenvalue weighted by Gasteiger charge is -2.25. The summed E-state index contributed by atoms with van der Waals surface area (Å²) in [5.74, 6) is -6.61. The van der Waals surface area contributed by atoms with E-state index in [2.05, 4.69) is 9.47 Å². The van der Waals surface area contributed by atoms with Gasteiger partial charge in [-0.25, -0.2) is 0 Å². The largest absolute Gasteiger partial charge is 0.492 e. The molecule has 0 spiro atoms. The van der Waals surface area contributed by atoms with Crippen LogP contribution in [0, 0.1) is 0 Å². The van der Waals surface area contributed by atoms with Gasteiger partial charge in [0.05, 0.1) is 14.2 Å². The van der Waals surface area contributed by atoms with Gasteiger partial charge in [-0.1, -0.05) is 0 Å². The normalized spacial score (nSPS) is 16.4. The van der Waals surface area contributed by atoms with Crippen LogP contribution in [-0.4, -0.2) is 38.9 Å². The molecule has 0 radical (unpaired) electrons. The number of ether oxygens (including phenoxy) is 2. The molecule has 0 bridgehead atoms. The molecule has 24 heavy (non-hydrogen) atoms. The summed E-state index contributed by atoms with van der Waals surface area (Å²) in [5, 5.41) is 0. The molecule has 0 rings (SSSR count). The molecule has 0 unspecified atom stereocenters. The highest BCUT2D eigenvalue weighted by Gasteiger charge is 2.58. The van der Waals surface area contributed by atoms with Crippen molar-refractivity contribution >= 4 is 0 Å². The van der Waals surface area contributed by atoms with Crippen molar-refractivity contribution in [3.63, 3.8) is 0 Å². The van der Waals surface area contributed by atoms with Gasteiger partial charge in [-0.3, -0.25) is 0 Å². The maximum Gasteiger partial charge on any atom is 0.449 e. The van der Waals surface area contributed by atoms with Crippen LogP contribution in [0.15, 0.2) is 22.7 Å².